The van der Waals surface area contributed by atoms with E-state index < -0.39 is 22.6 Å². The first kappa shape index (κ1) is 20.7. The first-order chi connectivity index (χ1) is 12.0. The number of aromatic nitrogens is 3. The minimum atomic E-state index is -0.795. The van der Waals surface area contributed by atoms with Gasteiger partial charge < -0.3 is 0 Å². The summed E-state index contributed by atoms with van der Waals surface area (Å²) >= 11 is 0. The molecule has 0 aliphatic carbocycles. The van der Waals surface area contributed by atoms with E-state index in [9.17, 15) is 14.4 Å². The number of nitrogens with zero attached hydrogens (tertiary/aromatic N) is 1. The molecule has 6 nitrogen and oxygen atoms in total. The van der Waals surface area contributed by atoms with Crippen LogP contribution in [0.15, 0.2) is 51.8 Å². The second-order valence-corrected chi connectivity index (χ2v) is 6.24. The van der Waals surface area contributed by atoms with E-state index in [4.69, 9.17) is 0 Å². The van der Waals surface area contributed by atoms with E-state index in [1.54, 1.807) is 12.2 Å². The fourth-order valence-corrected chi connectivity index (χ4v) is 3.09. The van der Waals surface area contributed by atoms with Gasteiger partial charge in [0.15, 0.2) is 0 Å². The molecule has 25 heavy (non-hydrogen) atoms. The summed E-state index contributed by atoms with van der Waals surface area (Å²) in [5, 5.41) is 0. The molecule has 1 aromatic heterocycles. The molecule has 0 aromatic carbocycles. The van der Waals surface area contributed by atoms with Gasteiger partial charge >= 0.3 is 17.1 Å². The van der Waals surface area contributed by atoms with Crippen LogP contribution in [0.4, 0.5) is 0 Å². The van der Waals surface area contributed by atoms with Gasteiger partial charge in [0.25, 0.3) is 0 Å². The van der Waals surface area contributed by atoms with Crippen LogP contribution in [0.5, 0.6) is 0 Å². The van der Waals surface area contributed by atoms with Crippen LogP contribution in [0.25, 0.3) is 0 Å². The fraction of sp³-hybridized carbons (Fsp3) is 0.526. The van der Waals surface area contributed by atoms with Gasteiger partial charge in [-0.15, -0.1) is 13.2 Å². The summed E-state index contributed by atoms with van der Waals surface area (Å²) in [6.07, 6.45) is 14.3. The standard InChI is InChI=1S/C19H29N3O3/c1-4-7-8-9-10-11-12-15-19(13-5-2,14-6-3)22-17(24)20-16(23)21-18(22)25/h5-6,9-10H,2-4,7-8,11-15H2,1H3,(H2,20,21,23,24,25). The average Bonchev–Trinajstić information content (AvgIpc) is 2.53. The maximum absolute atomic E-state index is 12.3. The Morgan fingerprint density at radius 2 is 1.48 bits per heavy atom. The van der Waals surface area contributed by atoms with Crippen molar-refractivity contribution in [2.45, 2.75) is 63.8 Å². The average molecular weight is 347 g/mol. The lowest BCUT2D eigenvalue weighted by atomic mass is 9.85. The highest BCUT2D eigenvalue weighted by molar-refractivity contribution is 4.98. The molecule has 0 saturated carbocycles. The van der Waals surface area contributed by atoms with Gasteiger partial charge in [-0.3, -0.25) is 9.97 Å². The van der Waals surface area contributed by atoms with E-state index >= 15 is 0 Å². The third kappa shape index (κ3) is 5.89. The lowest BCUT2D eigenvalue weighted by molar-refractivity contribution is 0.237. The van der Waals surface area contributed by atoms with Crippen molar-refractivity contribution >= 4 is 0 Å². The molecule has 0 spiro atoms. The number of nitrogens with one attached hydrogen (secondary N) is 2. The monoisotopic (exact) mass is 347 g/mol. The summed E-state index contributed by atoms with van der Waals surface area (Å²) < 4.78 is 1.11. The maximum Gasteiger partial charge on any atom is 0.334 e. The predicted molar refractivity (Wildman–Crippen MR) is 102 cm³/mol. The lowest BCUT2D eigenvalue weighted by Gasteiger charge is -2.33. The third-order valence-corrected chi connectivity index (χ3v) is 4.27. The largest absolute Gasteiger partial charge is 0.334 e. The molecule has 0 aliphatic heterocycles. The van der Waals surface area contributed by atoms with Crippen LogP contribution >= 0.6 is 0 Å². The molecule has 1 aromatic rings. The molecule has 0 unspecified atom stereocenters. The van der Waals surface area contributed by atoms with Gasteiger partial charge in [0.05, 0.1) is 5.54 Å². The number of allylic oxidation sites excluding steroid dienone is 4. The maximum atomic E-state index is 12.3. The Morgan fingerprint density at radius 3 is 1.96 bits per heavy atom. The van der Waals surface area contributed by atoms with Gasteiger partial charge in [0.2, 0.25) is 0 Å². The molecule has 138 valence electrons. The Kier molecular flexibility index (Phi) is 8.67. The molecule has 0 saturated heterocycles. The second-order valence-electron chi connectivity index (χ2n) is 6.24. The van der Waals surface area contributed by atoms with Crippen molar-refractivity contribution in [3.8, 4) is 0 Å². The van der Waals surface area contributed by atoms with Crippen molar-refractivity contribution in [3.05, 3.63) is 68.9 Å². The van der Waals surface area contributed by atoms with Crippen LogP contribution in [0.2, 0.25) is 0 Å². The Bertz CT molecular complexity index is 708. The molecular formula is C19H29N3O3. The molecule has 2 N–H and O–H groups in total. The molecule has 0 aliphatic rings. The summed E-state index contributed by atoms with van der Waals surface area (Å²) in [4.78, 5) is 40.1. The van der Waals surface area contributed by atoms with Crippen molar-refractivity contribution in [2.75, 3.05) is 0 Å². The number of H-pyrrole nitrogens is 2. The summed E-state index contributed by atoms with van der Waals surface area (Å²) in [6, 6.07) is 0. The van der Waals surface area contributed by atoms with Crippen LogP contribution in [0.3, 0.4) is 0 Å². The van der Waals surface area contributed by atoms with Crippen molar-refractivity contribution in [1.29, 1.82) is 0 Å². The van der Waals surface area contributed by atoms with Crippen LogP contribution < -0.4 is 17.1 Å². The Morgan fingerprint density at radius 1 is 0.960 bits per heavy atom. The third-order valence-electron chi connectivity index (χ3n) is 4.27. The molecule has 1 rings (SSSR count). The molecule has 0 radical (unpaired) electrons. The van der Waals surface area contributed by atoms with Gasteiger partial charge in [0, 0.05) is 0 Å². The first-order valence-electron chi connectivity index (χ1n) is 8.83. The van der Waals surface area contributed by atoms with Gasteiger partial charge in [-0.25, -0.2) is 19.0 Å². The van der Waals surface area contributed by atoms with Crippen molar-refractivity contribution in [3.63, 3.8) is 0 Å². The minimum absolute atomic E-state index is 0.438. The Balaban J connectivity index is 3.07. The number of rotatable bonds is 12. The topological polar surface area (TPSA) is 87.7 Å². The van der Waals surface area contributed by atoms with Gasteiger partial charge in [-0.1, -0.05) is 44.1 Å². The number of hydrogen-bond donors (Lipinski definition) is 2. The van der Waals surface area contributed by atoms with E-state index in [2.05, 4.69) is 42.2 Å². The quantitative estimate of drug-likeness (QED) is 0.450. The fourth-order valence-electron chi connectivity index (χ4n) is 3.09. The first-order valence-corrected chi connectivity index (χ1v) is 8.83. The molecule has 0 amide bonds. The second kappa shape index (κ2) is 10.5. The van der Waals surface area contributed by atoms with Crippen LogP contribution in [-0.4, -0.2) is 14.5 Å². The highest BCUT2D eigenvalue weighted by atomic mass is 16.2. The van der Waals surface area contributed by atoms with Gasteiger partial charge in [-0.2, -0.15) is 0 Å². The summed E-state index contributed by atoms with van der Waals surface area (Å²) in [5.74, 6) is 0. The summed E-state index contributed by atoms with van der Waals surface area (Å²) in [5.41, 5.74) is -2.96. The minimum Gasteiger partial charge on any atom is -0.259 e. The SMILES string of the molecule is C=CCC(CC=C)(CCCC=CCCCC)n1c(=O)[nH]c(=O)[nH]c1=O. The molecular weight excluding hydrogens is 318 g/mol. The molecule has 6 heteroatoms. The van der Waals surface area contributed by atoms with E-state index in [-0.39, 0.29) is 0 Å². The van der Waals surface area contributed by atoms with Crippen LogP contribution in [-0.2, 0) is 5.54 Å². The lowest BCUT2D eigenvalue weighted by Crippen LogP contribution is -2.53. The molecule has 1 heterocycles. The van der Waals surface area contributed by atoms with Crippen LogP contribution in [0.1, 0.15) is 58.3 Å². The molecule has 0 fully saturated rings. The van der Waals surface area contributed by atoms with E-state index in [1.165, 1.54) is 12.8 Å². The zero-order chi connectivity index (χ0) is 18.7. The number of aromatic amines is 2. The number of hydrogen-bond acceptors (Lipinski definition) is 3. The van der Waals surface area contributed by atoms with Crippen molar-refractivity contribution in [2.24, 2.45) is 0 Å². The highest BCUT2D eigenvalue weighted by Crippen LogP contribution is 2.30. The summed E-state index contributed by atoms with van der Waals surface area (Å²) in [7, 11) is 0. The smallest absolute Gasteiger partial charge is 0.259 e. The Hall–Kier alpha value is -2.37. The molecule has 0 bridgehead atoms. The highest BCUT2D eigenvalue weighted by Gasteiger charge is 2.32. The van der Waals surface area contributed by atoms with Crippen molar-refractivity contribution in [1.82, 2.24) is 14.5 Å². The number of unbranched alkanes of at least 4 members (excludes halogenated alkanes) is 3. The Labute approximate surface area is 148 Å². The van der Waals surface area contributed by atoms with Gasteiger partial charge in [-0.05, 0) is 38.5 Å². The zero-order valence-electron chi connectivity index (χ0n) is 15.1. The van der Waals surface area contributed by atoms with Gasteiger partial charge in [0.1, 0.15) is 0 Å². The van der Waals surface area contributed by atoms with E-state index in [0.29, 0.717) is 19.3 Å². The predicted octanol–water partition coefficient (Wildman–Crippen LogP) is 2.99. The zero-order valence-corrected chi connectivity index (χ0v) is 15.1. The van der Waals surface area contributed by atoms with E-state index in [0.717, 1.165) is 23.8 Å². The summed E-state index contributed by atoms with van der Waals surface area (Å²) in [6.45, 7) is 9.68. The van der Waals surface area contributed by atoms with E-state index in [1.807, 2.05) is 0 Å². The molecule has 0 atom stereocenters. The van der Waals surface area contributed by atoms with Crippen molar-refractivity contribution < 1.29 is 0 Å². The normalized spacial score (nSPS) is 11.7. The van der Waals surface area contributed by atoms with Crippen LogP contribution in [0, 0.1) is 0 Å².